The topological polar surface area (TPSA) is 54.9 Å². The number of hydrogen-bond acceptors (Lipinski definition) is 4. The second-order valence-corrected chi connectivity index (χ2v) is 6.78. The van der Waals surface area contributed by atoms with Crippen molar-refractivity contribution in [3.05, 3.63) is 64.8 Å². The van der Waals surface area contributed by atoms with Crippen molar-refractivity contribution in [3.8, 4) is 11.3 Å². The van der Waals surface area contributed by atoms with Crippen molar-refractivity contribution in [2.45, 2.75) is 25.7 Å². The quantitative estimate of drug-likeness (QED) is 0.775. The molecule has 2 heterocycles. The van der Waals surface area contributed by atoms with E-state index in [0.29, 0.717) is 10.7 Å². The van der Waals surface area contributed by atoms with Crippen LogP contribution in [0.4, 0.5) is 5.13 Å². The largest absolute Gasteiger partial charge is 0.298 e. The number of aromatic nitrogens is 2. The Bertz CT molecular complexity index is 873. The van der Waals surface area contributed by atoms with Gasteiger partial charge in [0.15, 0.2) is 5.13 Å². The first-order valence-corrected chi connectivity index (χ1v) is 8.97. The lowest BCUT2D eigenvalue weighted by atomic mass is 9.90. The number of pyridine rings is 1. The van der Waals surface area contributed by atoms with E-state index in [1.54, 1.807) is 12.4 Å². The number of rotatable bonds is 3. The Morgan fingerprint density at radius 1 is 1.04 bits per heavy atom. The lowest BCUT2D eigenvalue weighted by Gasteiger charge is -2.16. The number of hydrogen-bond donors (Lipinski definition) is 1. The van der Waals surface area contributed by atoms with Crippen molar-refractivity contribution >= 4 is 22.4 Å². The minimum atomic E-state index is -0.0981. The SMILES string of the molecule is O=C(Nc1nc(-c2ccncc2)cs1)c1ccc2c(c1)CCCC2. The molecule has 0 aliphatic heterocycles. The molecule has 1 amide bonds. The molecule has 4 rings (SSSR count). The van der Waals surface area contributed by atoms with Crippen LogP contribution in [0.15, 0.2) is 48.1 Å². The van der Waals surface area contributed by atoms with Gasteiger partial charge in [-0.2, -0.15) is 0 Å². The summed E-state index contributed by atoms with van der Waals surface area (Å²) in [7, 11) is 0. The molecule has 0 saturated heterocycles. The maximum atomic E-state index is 12.5. The number of fused-ring (bicyclic) bond motifs is 1. The molecule has 3 aromatic rings. The molecule has 0 saturated carbocycles. The van der Waals surface area contributed by atoms with Crippen LogP contribution < -0.4 is 5.32 Å². The van der Waals surface area contributed by atoms with Crippen LogP contribution in [0.3, 0.4) is 0 Å². The summed E-state index contributed by atoms with van der Waals surface area (Å²) < 4.78 is 0. The van der Waals surface area contributed by atoms with Gasteiger partial charge in [0.1, 0.15) is 0 Å². The molecule has 120 valence electrons. The van der Waals surface area contributed by atoms with E-state index in [1.165, 1.54) is 35.3 Å². The fourth-order valence-corrected chi connectivity index (χ4v) is 3.75. The zero-order chi connectivity index (χ0) is 16.4. The molecular formula is C19H17N3OS. The fraction of sp³-hybridized carbons (Fsp3) is 0.211. The van der Waals surface area contributed by atoms with Gasteiger partial charge in [0.2, 0.25) is 0 Å². The molecule has 24 heavy (non-hydrogen) atoms. The summed E-state index contributed by atoms with van der Waals surface area (Å²) >= 11 is 1.43. The highest BCUT2D eigenvalue weighted by atomic mass is 32.1. The third-order valence-electron chi connectivity index (χ3n) is 4.31. The van der Waals surface area contributed by atoms with E-state index in [-0.39, 0.29) is 5.91 Å². The average molecular weight is 335 g/mol. The van der Waals surface area contributed by atoms with Crippen molar-refractivity contribution in [2.75, 3.05) is 5.32 Å². The Labute approximate surface area is 144 Å². The van der Waals surface area contributed by atoms with Crippen molar-refractivity contribution in [1.82, 2.24) is 9.97 Å². The van der Waals surface area contributed by atoms with Crippen LogP contribution in [0.1, 0.15) is 34.3 Å². The highest BCUT2D eigenvalue weighted by Gasteiger charge is 2.14. The molecule has 1 aromatic carbocycles. The Hall–Kier alpha value is -2.53. The van der Waals surface area contributed by atoms with E-state index in [4.69, 9.17) is 0 Å². The first-order chi connectivity index (χ1) is 11.8. The summed E-state index contributed by atoms with van der Waals surface area (Å²) in [4.78, 5) is 21.0. The Kier molecular flexibility index (Phi) is 4.09. The van der Waals surface area contributed by atoms with E-state index < -0.39 is 0 Å². The van der Waals surface area contributed by atoms with E-state index >= 15 is 0 Å². The van der Waals surface area contributed by atoms with Crippen LogP contribution in [0.2, 0.25) is 0 Å². The van der Waals surface area contributed by atoms with Gasteiger partial charge in [-0.1, -0.05) is 6.07 Å². The van der Waals surface area contributed by atoms with E-state index in [1.807, 2.05) is 29.6 Å². The number of nitrogens with one attached hydrogen (secondary N) is 1. The van der Waals surface area contributed by atoms with Gasteiger partial charge in [0, 0.05) is 28.9 Å². The van der Waals surface area contributed by atoms with Gasteiger partial charge in [-0.05, 0) is 61.1 Å². The Morgan fingerprint density at radius 2 is 1.83 bits per heavy atom. The van der Waals surface area contributed by atoms with Gasteiger partial charge >= 0.3 is 0 Å². The van der Waals surface area contributed by atoms with Crippen molar-refractivity contribution in [1.29, 1.82) is 0 Å². The van der Waals surface area contributed by atoms with Crippen molar-refractivity contribution in [2.24, 2.45) is 0 Å². The van der Waals surface area contributed by atoms with Crippen LogP contribution in [-0.4, -0.2) is 15.9 Å². The number of benzene rings is 1. The number of anilines is 1. The van der Waals surface area contributed by atoms with Gasteiger partial charge in [-0.3, -0.25) is 15.1 Å². The predicted octanol–water partition coefficient (Wildman–Crippen LogP) is 4.34. The van der Waals surface area contributed by atoms with Crippen molar-refractivity contribution in [3.63, 3.8) is 0 Å². The van der Waals surface area contributed by atoms with Crippen LogP contribution in [0.5, 0.6) is 0 Å². The van der Waals surface area contributed by atoms with Gasteiger partial charge < -0.3 is 0 Å². The van der Waals surface area contributed by atoms with Crippen molar-refractivity contribution < 1.29 is 4.79 Å². The molecule has 5 heteroatoms. The number of amides is 1. The maximum Gasteiger partial charge on any atom is 0.257 e. The number of nitrogens with zero attached hydrogens (tertiary/aromatic N) is 2. The van der Waals surface area contributed by atoms with Crippen LogP contribution in [0.25, 0.3) is 11.3 Å². The number of carbonyl (C=O) groups is 1. The lowest BCUT2D eigenvalue weighted by molar-refractivity contribution is 0.102. The normalized spacial score (nSPS) is 13.3. The molecule has 1 aliphatic carbocycles. The Morgan fingerprint density at radius 3 is 2.67 bits per heavy atom. The first kappa shape index (κ1) is 15.0. The highest BCUT2D eigenvalue weighted by molar-refractivity contribution is 7.14. The molecule has 1 N–H and O–H groups in total. The molecule has 0 radical (unpaired) electrons. The maximum absolute atomic E-state index is 12.5. The molecule has 1 aliphatic rings. The van der Waals surface area contributed by atoms with Gasteiger partial charge in [-0.15, -0.1) is 11.3 Å². The molecule has 0 atom stereocenters. The lowest BCUT2D eigenvalue weighted by Crippen LogP contribution is -2.13. The van der Waals surface area contributed by atoms with Crippen LogP contribution in [-0.2, 0) is 12.8 Å². The fourth-order valence-electron chi connectivity index (χ4n) is 3.03. The predicted molar refractivity (Wildman–Crippen MR) is 96.4 cm³/mol. The number of aryl methyl sites for hydroxylation is 2. The third kappa shape index (κ3) is 3.08. The van der Waals surface area contributed by atoms with Gasteiger partial charge in [-0.25, -0.2) is 4.98 Å². The summed E-state index contributed by atoms with van der Waals surface area (Å²) in [5.41, 5.74) is 5.24. The molecule has 4 nitrogen and oxygen atoms in total. The van der Waals surface area contributed by atoms with E-state index in [0.717, 1.165) is 24.1 Å². The third-order valence-corrected chi connectivity index (χ3v) is 5.07. The van der Waals surface area contributed by atoms with Gasteiger partial charge in [0.05, 0.1) is 5.69 Å². The second-order valence-electron chi connectivity index (χ2n) is 5.92. The molecule has 0 unspecified atom stereocenters. The molecule has 2 aromatic heterocycles. The summed E-state index contributed by atoms with van der Waals surface area (Å²) in [6.07, 6.45) is 8.12. The standard InChI is InChI=1S/C19H17N3OS/c23-18(16-6-5-13-3-1-2-4-15(13)11-16)22-19-21-17(12-24-19)14-7-9-20-10-8-14/h5-12H,1-4H2,(H,21,22,23). The minimum Gasteiger partial charge on any atom is -0.298 e. The molecular weight excluding hydrogens is 318 g/mol. The van der Waals surface area contributed by atoms with E-state index in [9.17, 15) is 4.79 Å². The highest BCUT2D eigenvalue weighted by Crippen LogP contribution is 2.26. The zero-order valence-corrected chi connectivity index (χ0v) is 14.0. The molecule has 0 fully saturated rings. The first-order valence-electron chi connectivity index (χ1n) is 8.09. The Balaban J connectivity index is 1.51. The summed E-state index contributed by atoms with van der Waals surface area (Å²) in [6.45, 7) is 0. The molecule has 0 bridgehead atoms. The van der Waals surface area contributed by atoms with Crippen LogP contribution in [0, 0.1) is 0 Å². The van der Waals surface area contributed by atoms with E-state index in [2.05, 4.69) is 21.4 Å². The zero-order valence-electron chi connectivity index (χ0n) is 13.2. The average Bonchev–Trinajstić information content (AvgIpc) is 3.10. The van der Waals surface area contributed by atoms with Gasteiger partial charge in [0.25, 0.3) is 5.91 Å². The summed E-state index contributed by atoms with van der Waals surface area (Å²) in [6, 6.07) is 9.85. The summed E-state index contributed by atoms with van der Waals surface area (Å²) in [5, 5.41) is 5.47. The van der Waals surface area contributed by atoms with Crippen LogP contribution >= 0.6 is 11.3 Å². The minimum absolute atomic E-state index is 0.0981. The second kappa shape index (κ2) is 6.53. The number of carbonyl (C=O) groups excluding carboxylic acids is 1. The number of thiazole rings is 1. The smallest absolute Gasteiger partial charge is 0.257 e. The monoisotopic (exact) mass is 335 g/mol. The molecule has 0 spiro atoms. The summed E-state index contributed by atoms with van der Waals surface area (Å²) in [5.74, 6) is -0.0981.